The number of nitrogens with two attached hydrogens (primary N) is 1. The van der Waals surface area contributed by atoms with Gasteiger partial charge in [-0.15, -0.1) is 0 Å². The molecule has 1 aromatic carbocycles. The number of alkyl halides is 6. The van der Waals surface area contributed by atoms with Crippen molar-refractivity contribution in [1.82, 2.24) is 9.88 Å². The van der Waals surface area contributed by atoms with Gasteiger partial charge in [0.25, 0.3) is 0 Å². The van der Waals surface area contributed by atoms with Crippen molar-refractivity contribution in [2.24, 2.45) is 29.4 Å². The lowest BCUT2D eigenvalue weighted by molar-refractivity contribution is -0.193. The molecule has 2 aromatic rings. The molecule has 5 N–H and O–H groups in total. The molecule has 2 saturated carbocycles. The van der Waals surface area contributed by atoms with Gasteiger partial charge in [0, 0.05) is 35.8 Å². The second-order valence-electron chi connectivity index (χ2n) is 13.0. The first-order valence-electron chi connectivity index (χ1n) is 16.8. The minimum absolute atomic E-state index is 0.0254. The number of pyridine rings is 1. The number of likely N-dealkylation sites (tertiary alicyclic amines) is 1. The van der Waals surface area contributed by atoms with Crippen LogP contribution in [-0.2, 0) is 19.2 Å². The molecule has 2 amide bonds. The van der Waals surface area contributed by atoms with Crippen molar-refractivity contribution in [3.63, 3.8) is 0 Å². The number of carbonyl (C=O) groups excluding carboxylic acids is 2. The van der Waals surface area contributed by atoms with Crippen molar-refractivity contribution >= 4 is 40.3 Å². The molecule has 3 aliphatic rings. The monoisotopic (exact) mass is 718 g/mol. The molecule has 10 nitrogen and oxygen atoms in total. The van der Waals surface area contributed by atoms with E-state index < -0.39 is 24.3 Å². The molecular formula is C34H44F6N4O6. The van der Waals surface area contributed by atoms with E-state index in [9.17, 15) is 35.9 Å². The second kappa shape index (κ2) is 17.8. The number of benzene rings is 1. The Morgan fingerprint density at radius 1 is 0.900 bits per heavy atom. The Morgan fingerprint density at radius 2 is 1.48 bits per heavy atom. The number of anilines is 1. The first kappa shape index (κ1) is 40.5. The van der Waals surface area contributed by atoms with Crippen LogP contribution in [-0.4, -0.2) is 74.8 Å². The minimum Gasteiger partial charge on any atom is -0.475 e. The van der Waals surface area contributed by atoms with E-state index in [0.29, 0.717) is 18.4 Å². The van der Waals surface area contributed by atoms with Crippen LogP contribution in [0.25, 0.3) is 10.9 Å². The van der Waals surface area contributed by atoms with Gasteiger partial charge in [-0.3, -0.25) is 14.6 Å². The zero-order chi connectivity index (χ0) is 37.2. The number of nitrogens with zero attached hydrogens (tertiary/aromatic N) is 2. The van der Waals surface area contributed by atoms with E-state index in [1.807, 2.05) is 35.2 Å². The Bertz CT molecular complexity index is 1430. The largest absolute Gasteiger partial charge is 0.490 e. The van der Waals surface area contributed by atoms with Crippen molar-refractivity contribution in [1.29, 1.82) is 0 Å². The molecule has 1 aliphatic heterocycles. The molecule has 16 heteroatoms. The van der Waals surface area contributed by atoms with Crippen LogP contribution in [0, 0.1) is 23.7 Å². The summed E-state index contributed by atoms with van der Waals surface area (Å²) in [5.41, 5.74) is 7.99. The molecule has 0 bridgehead atoms. The van der Waals surface area contributed by atoms with Crippen molar-refractivity contribution in [2.75, 3.05) is 11.9 Å². The molecular weight excluding hydrogens is 674 g/mol. The van der Waals surface area contributed by atoms with E-state index in [1.165, 1.54) is 32.1 Å². The van der Waals surface area contributed by atoms with Crippen LogP contribution in [0.2, 0.25) is 0 Å². The van der Waals surface area contributed by atoms with Crippen molar-refractivity contribution < 1.29 is 55.7 Å². The summed E-state index contributed by atoms with van der Waals surface area (Å²) >= 11 is 0. The van der Waals surface area contributed by atoms with Gasteiger partial charge < -0.3 is 26.2 Å². The molecule has 278 valence electrons. The molecule has 5 rings (SSSR count). The number of rotatable bonds is 6. The van der Waals surface area contributed by atoms with Crippen molar-refractivity contribution in [3.05, 3.63) is 36.5 Å². The Hall–Kier alpha value is -3.95. The van der Waals surface area contributed by atoms with Gasteiger partial charge in [0.05, 0.1) is 5.52 Å². The highest BCUT2D eigenvalue weighted by molar-refractivity contribution is 5.99. The molecule has 1 unspecified atom stereocenters. The highest BCUT2D eigenvalue weighted by Crippen LogP contribution is 2.41. The van der Waals surface area contributed by atoms with E-state index in [1.54, 1.807) is 6.20 Å². The van der Waals surface area contributed by atoms with E-state index in [-0.39, 0.29) is 35.7 Å². The predicted octanol–water partition coefficient (Wildman–Crippen LogP) is 6.78. The maximum absolute atomic E-state index is 13.8. The van der Waals surface area contributed by atoms with Gasteiger partial charge in [-0.05, 0) is 80.5 Å². The number of aliphatic carboxylic acids is 2. The average molecular weight is 719 g/mol. The van der Waals surface area contributed by atoms with Crippen LogP contribution in [0.4, 0.5) is 32.0 Å². The quantitative estimate of drug-likeness (QED) is 0.238. The SMILES string of the molecule is CCC(N)C1CCC(C(=O)N2CC[C@@H](C3CCCCC3)[C@H]2C(=O)Nc2ccc3ncccc3c2)CC1.O=C(O)C(F)(F)F.O=C(O)C(F)(F)F. The molecule has 3 atom stereocenters. The fraction of sp³-hybridized carbons (Fsp3) is 0.618. The lowest BCUT2D eigenvalue weighted by Crippen LogP contribution is -2.50. The van der Waals surface area contributed by atoms with Crippen LogP contribution in [0.5, 0.6) is 0 Å². The number of halogens is 6. The maximum atomic E-state index is 13.8. The van der Waals surface area contributed by atoms with Gasteiger partial charge >= 0.3 is 24.3 Å². The highest BCUT2D eigenvalue weighted by Gasteiger charge is 2.47. The fourth-order valence-electron chi connectivity index (χ4n) is 7.19. The van der Waals surface area contributed by atoms with Gasteiger partial charge in [0.2, 0.25) is 11.8 Å². The van der Waals surface area contributed by atoms with Crippen LogP contribution in [0.1, 0.15) is 77.6 Å². The smallest absolute Gasteiger partial charge is 0.475 e. The molecule has 0 radical (unpaired) electrons. The zero-order valence-electron chi connectivity index (χ0n) is 27.7. The Balaban J connectivity index is 0.000000408. The van der Waals surface area contributed by atoms with E-state index >= 15 is 0 Å². The first-order chi connectivity index (χ1) is 23.4. The summed E-state index contributed by atoms with van der Waals surface area (Å²) in [6.07, 6.45) is 3.50. The number of hydrogen-bond donors (Lipinski definition) is 4. The van der Waals surface area contributed by atoms with E-state index in [2.05, 4.69) is 17.2 Å². The number of aromatic nitrogens is 1. The molecule has 2 heterocycles. The van der Waals surface area contributed by atoms with Gasteiger partial charge in [-0.2, -0.15) is 26.3 Å². The van der Waals surface area contributed by atoms with Crippen LogP contribution >= 0.6 is 0 Å². The van der Waals surface area contributed by atoms with Crippen LogP contribution in [0.3, 0.4) is 0 Å². The summed E-state index contributed by atoms with van der Waals surface area (Å²) in [6.45, 7) is 2.85. The van der Waals surface area contributed by atoms with Crippen molar-refractivity contribution in [3.8, 4) is 0 Å². The van der Waals surface area contributed by atoms with Gasteiger partial charge in [-0.25, -0.2) is 9.59 Å². The molecule has 3 fully saturated rings. The van der Waals surface area contributed by atoms with Crippen LogP contribution in [0.15, 0.2) is 36.5 Å². The van der Waals surface area contributed by atoms with E-state index in [4.69, 9.17) is 25.5 Å². The standard InChI is InChI=1S/C30H42N4O2.2C2HF3O2/c1-2-26(31)21-10-12-22(13-11-21)30(36)34-18-16-25(20-7-4-3-5-8-20)28(34)29(35)33-24-14-15-27-23(19-24)9-6-17-32-27;2*3-2(4,5)1(6)7/h6,9,14-15,17,19-22,25-26,28H,2-5,7-8,10-13,16,18,31H2,1H3,(H,33,35);2*(H,6,7)/t21?,22?,25-,26?,28-;;/m0../s1. The number of hydrogen-bond acceptors (Lipinski definition) is 6. The third-order valence-corrected chi connectivity index (χ3v) is 9.81. The third-order valence-electron chi connectivity index (χ3n) is 9.81. The Morgan fingerprint density at radius 3 is 2.02 bits per heavy atom. The van der Waals surface area contributed by atoms with Gasteiger partial charge in [0.1, 0.15) is 6.04 Å². The number of fused-ring (bicyclic) bond motifs is 1. The minimum atomic E-state index is -5.08. The lowest BCUT2D eigenvalue weighted by atomic mass is 9.76. The number of carboxylic acid groups (broad SMARTS) is 2. The normalized spacial score (nSPS) is 23.5. The first-order valence-corrected chi connectivity index (χ1v) is 16.8. The molecule has 1 saturated heterocycles. The maximum Gasteiger partial charge on any atom is 0.490 e. The Labute approximate surface area is 285 Å². The summed E-state index contributed by atoms with van der Waals surface area (Å²) in [5, 5.41) is 18.4. The van der Waals surface area contributed by atoms with E-state index in [0.717, 1.165) is 55.1 Å². The molecule has 1 aromatic heterocycles. The molecule has 2 aliphatic carbocycles. The Kier molecular flexibility index (Phi) is 14.4. The molecule has 50 heavy (non-hydrogen) atoms. The lowest BCUT2D eigenvalue weighted by Gasteiger charge is -2.37. The molecule has 0 spiro atoms. The predicted molar refractivity (Wildman–Crippen MR) is 172 cm³/mol. The topological polar surface area (TPSA) is 163 Å². The summed E-state index contributed by atoms with van der Waals surface area (Å²) < 4.78 is 63.5. The fourth-order valence-corrected chi connectivity index (χ4v) is 7.19. The average Bonchev–Trinajstić information content (AvgIpc) is 3.53. The summed E-state index contributed by atoms with van der Waals surface area (Å²) in [4.78, 5) is 51.8. The number of carbonyl (C=O) groups is 4. The highest BCUT2D eigenvalue weighted by atomic mass is 19.4. The zero-order valence-corrected chi connectivity index (χ0v) is 27.7. The second-order valence-corrected chi connectivity index (χ2v) is 13.0. The van der Waals surface area contributed by atoms with Crippen LogP contribution < -0.4 is 11.1 Å². The third kappa shape index (κ3) is 11.3. The summed E-state index contributed by atoms with van der Waals surface area (Å²) in [6, 6.07) is 9.62. The van der Waals surface area contributed by atoms with Gasteiger partial charge in [0.15, 0.2) is 0 Å². The van der Waals surface area contributed by atoms with Gasteiger partial charge in [-0.1, -0.05) is 45.1 Å². The number of nitrogens with one attached hydrogen (secondary N) is 1. The number of carboxylic acids is 2. The number of amides is 2. The van der Waals surface area contributed by atoms with Crippen molar-refractivity contribution in [2.45, 2.75) is 102 Å². The summed E-state index contributed by atoms with van der Waals surface area (Å²) in [7, 11) is 0. The summed E-state index contributed by atoms with van der Waals surface area (Å²) in [5.74, 6) is -4.01.